The molecule has 0 amide bonds. The van der Waals surface area contributed by atoms with Crippen molar-refractivity contribution in [3.8, 4) is 11.5 Å². The Kier molecular flexibility index (Phi) is 4.87. The van der Waals surface area contributed by atoms with E-state index in [1.54, 1.807) is 6.07 Å². The van der Waals surface area contributed by atoms with Crippen LogP contribution in [0.15, 0.2) is 72.8 Å². The quantitative estimate of drug-likeness (QED) is 0.635. The third-order valence-corrected chi connectivity index (χ3v) is 6.59. The number of phenols is 1. The smallest absolute Gasteiger partial charge is 0.126 e. The molecule has 3 aromatic carbocycles. The van der Waals surface area contributed by atoms with E-state index in [1.807, 2.05) is 18.2 Å². The van der Waals surface area contributed by atoms with Crippen LogP contribution in [0.25, 0.3) is 0 Å². The molecule has 1 fully saturated rings. The summed E-state index contributed by atoms with van der Waals surface area (Å²) in [7, 11) is 2.09. The number of ether oxygens (including phenoxy) is 1. The molecule has 2 N–H and O–H groups in total. The minimum absolute atomic E-state index is 0.154. The first-order chi connectivity index (χ1) is 14.6. The minimum atomic E-state index is -0.154. The molecular weight excluding hydrogens is 372 g/mol. The summed E-state index contributed by atoms with van der Waals surface area (Å²) in [5, 5.41) is 13.6. The molecule has 2 aliphatic heterocycles. The minimum Gasteiger partial charge on any atom is -0.508 e. The van der Waals surface area contributed by atoms with Crippen molar-refractivity contribution in [3.63, 3.8) is 0 Å². The highest BCUT2D eigenvalue weighted by Crippen LogP contribution is 2.49. The average molecular weight is 401 g/mol. The largest absolute Gasteiger partial charge is 0.508 e. The molecule has 0 radical (unpaired) electrons. The van der Waals surface area contributed by atoms with E-state index in [-0.39, 0.29) is 11.5 Å². The number of hydrogen-bond acceptors (Lipinski definition) is 4. The Balaban J connectivity index is 1.57. The molecule has 4 heteroatoms. The van der Waals surface area contributed by atoms with Crippen LogP contribution in [-0.4, -0.2) is 30.8 Å². The van der Waals surface area contributed by atoms with Gasteiger partial charge in [-0.3, -0.25) is 0 Å². The van der Waals surface area contributed by atoms with Crippen LogP contribution in [0, 0.1) is 0 Å². The molecule has 0 bridgehead atoms. The number of hydrogen-bond donors (Lipinski definition) is 2. The number of aromatic hydroxyl groups is 1. The molecule has 0 aromatic heterocycles. The lowest BCUT2D eigenvalue weighted by atomic mass is 9.75. The van der Waals surface area contributed by atoms with Gasteiger partial charge in [0.2, 0.25) is 0 Å². The monoisotopic (exact) mass is 400 g/mol. The molecular formula is C26H28N2O2. The van der Waals surface area contributed by atoms with Crippen molar-refractivity contribution in [3.05, 3.63) is 83.9 Å². The third kappa shape index (κ3) is 3.52. The summed E-state index contributed by atoms with van der Waals surface area (Å²) in [6.07, 6.45) is 2.94. The van der Waals surface area contributed by atoms with Crippen LogP contribution in [0.1, 0.15) is 36.3 Å². The number of rotatable bonds is 3. The molecule has 0 aliphatic carbocycles. The third-order valence-electron chi connectivity index (χ3n) is 6.59. The average Bonchev–Trinajstić information content (AvgIpc) is 2.79. The maximum Gasteiger partial charge on any atom is 0.126 e. The first-order valence-electron chi connectivity index (χ1n) is 10.7. The molecule has 1 spiro atoms. The van der Waals surface area contributed by atoms with Gasteiger partial charge < -0.3 is 20.1 Å². The molecule has 1 saturated heterocycles. The lowest BCUT2D eigenvalue weighted by Crippen LogP contribution is -2.49. The highest BCUT2D eigenvalue weighted by Gasteiger charge is 2.42. The molecule has 2 aliphatic rings. The van der Waals surface area contributed by atoms with E-state index < -0.39 is 0 Å². The fraction of sp³-hybridized carbons (Fsp3) is 0.308. The fourth-order valence-electron chi connectivity index (χ4n) is 4.89. The molecule has 2 heterocycles. The number of nitrogens with zero attached hydrogens (tertiary/aromatic N) is 1. The van der Waals surface area contributed by atoms with Crippen molar-refractivity contribution >= 4 is 11.4 Å². The van der Waals surface area contributed by atoms with Crippen molar-refractivity contribution in [1.82, 2.24) is 5.32 Å². The van der Waals surface area contributed by atoms with E-state index in [2.05, 4.69) is 65.8 Å². The van der Waals surface area contributed by atoms with Crippen LogP contribution in [0.5, 0.6) is 11.5 Å². The SMILES string of the molecule is CN(c1ccccc1)c1ccc2c(c1)OC1(CCNCC1)CC2c1cccc(O)c1. The van der Waals surface area contributed by atoms with Gasteiger partial charge in [0.1, 0.15) is 17.1 Å². The molecule has 30 heavy (non-hydrogen) atoms. The summed E-state index contributed by atoms with van der Waals surface area (Å²) in [6.45, 7) is 1.96. The number of piperidine rings is 1. The summed E-state index contributed by atoms with van der Waals surface area (Å²) in [5.41, 5.74) is 4.46. The molecule has 1 atom stereocenters. The van der Waals surface area contributed by atoms with Gasteiger partial charge in [-0.2, -0.15) is 0 Å². The Hall–Kier alpha value is -2.98. The van der Waals surface area contributed by atoms with Crippen LogP contribution in [0.3, 0.4) is 0 Å². The molecule has 154 valence electrons. The van der Waals surface area contributed by atoms with Crippen molar-refractivity contribution in [2.45, 2.75) is 30.8 Å². The summed E-state index contributed by atoms with van der Waals surface area (Å²) in [5.74, 6) is 1.51. The van der Waals surface area contributed by atoms with Gasteiger partial charge in [0.05, 0.1) is 0 Å². The Labute approximate surface area is 178 Å². The number of fused-ring (bicyclic) bond motifs is 1. The second kappa shape index (κ2) is 7.69. The number of nitrogens with one attached hydrogen (secondary N) is 1. The number of phenolic OH excluding ortho intramolecular Hbond substituents is 1. The van der Waals surface area contributed by atoms with E-state index in [0.29, 0.717) is 5.75 Å². The van der Waals surface area contributed by atoms with E-state index in [1.165, 1.54) is 5.56 Å². The predicted molar refractivity (Wildman–Crippen MR) is 121 cm³/mol. The van der Waals surface area contributed by atoms with Gasteiger partial charge >= 0.3 is 0 Å². The van der Waals surface area contributed by atoms with Crippen LogP contribution in [0.4, 0.5) is 11.4 Å². The summed E-state index contributed by atoms with van der Waals surface area (Å²) < 4.78 is 6.74. The maximum atomic E-state index is 10.1. The van der Waals surface area contributed by atoms with Crippen LogP contribution in [0.2, 0.25) is 0 Å². The second-order valence-electron chi connectivity index (χ2n) is 8.50. The van der Waals surface area contributed by atoms with Crippen molar-refractivity contribution in [2.75, 3.05) is 25.0 Å². The number of para-hydroxylation sites is 1. The van der Waals surface area contributed by atoms with Gasteiger partial charge in [-0.1, -0.05) is 36.4 Å². The number of benzene rings is 3. The molecule has 3 aromatic rings. The topological polar surface area (TPSA) is 44.7 Å². The van der Waals surface area contributed by atoms with Crippen molar-refractivity contribution < 1.29 is 9.84 Å². The predicted octanol–water partition coefficient (Wildman–Crippen LogP) is 5.20. The summed E-state index contributed by atoms with van der Waals surface area (Å²) >= 11 is 0. The van der Waals surface area contributed by atoms with Crippen molar-refractivity contribution in [2.24, 2.45) is 0 Å². The summed E-state index contributed by atoms with van der Waals surface area (Å²) in [4.78, 5) is 2.19. The van der Waals surface area contributed by atoms with Gasteiger partial charge in [-0.25, -0.2) is 0 Å². The van der Waals surface area contributed by atoms with Crippen LogP contribution >= 0.6 is 0 Å². The van der Waals surface area contributed by atoms with E-state index in [9.17, 15) is 5.11 Å². The Morgan fingerprint density at radius 1 is 0.933 bits per heavy atom. The van der Waals surface area contributed by atoms with Gasteiger partial charge in [0.15, 0.2) is 0 Å². The van der Waals surface area contributed by atoms with Gasteiger partial charge in [-0.15, -0.1) is 0 Å². The van der Waals surface area contributed by atoms with Gasteiger partial charge in [0.25, 0.3) is 0 Å². The maximum absolute atomic E-state index is 10.1. The van der Waals surface area contributed by atoms with E-state index in [4.69, 9.17) is 4.74 Å². The standard InChI is InChI=1S/C26H28N2O2/c1-28(20-7-3-2-4-8-20)21-10-11-23-24(19-6-5-9-22(29)16-19)18-26(30-25(23)17-21)12-14-27-15-13-26/h2-11,16-17,24,27,29H,12-15,18H2,1H3. The van der Waals surface area contributed by atoms with Crippen molar-refractivity contribution in [1.29, 1.82) is 0 Å². The van der Waals surface area contributed by atoms with E-state index >= 15 is 0 Å². The first-order valence-corrected chi connectivity index (χ1v) is 10.7. The second-order valence-corrected chi connectivity index (χ2v) is 8.50. The first kappa shape index (κ1) is 19.0. The van der Waals surface area contributed by atoms with E-state index in [0.717, 1.165) is 55.0 Å². The zero-order chi connectivity index (χ0) is 20.6. The summed E-state index contributed by atoms with van der Waals surface area (Å²) in [6, 6.07) is 24.6. The Bertz CT molecular complexity index is 1030. The number of anilines is 2. The fourth-order valence-corrected chi connectivity index (χ4v) is 4.89. The van der Waals surface area contributed by atoms with Crippen LogP contribution < -0.4 is 15.0 Å². The highest BCUT2D eigenvalue weighted by atomic mass is 16.5. The normalized spacial score (nSPS) is 19.7. The zero-order valence-corrected chi connectivity index (χ0v) is 17.3. The molecule has 4 nitrogen and oxygen atoms in total. The van der Waals surface area contributed by atoms with Gasteiger partial charge in [-0.05, 0) is 68.2 Å². The Morgan fingerprint density at radius 3 is 2.50 bits per heavy atom. The van der Waals surface area contributed by atoms with Gasteiger partial charge in [0, 0.05) is 36.0 Å². The highest BCUT2D eigenvalue weighted by molar-refractivity contribution is 5.65. The van der Waals surface area contributed by atoms with Crippen LogP contribution in [-0.2, 0) is 0 Å². The Morgan fingerprint density at radius 2 is 1.73 bits per heavy atom. The molecule has 0 saturated carbocycles. The zero-order valence-electron chi connectivity index (χ0n) is 17.3. The molecule has 1 unspecified atom stereocenters. The lowest BCUT2D eigenvalue weighted by molar-refractivity contribution is 0.0114. The molecule has 5 rings (SSSR count). The lowest BCUT2D eigenvalue weighted by Gasteiger charge is -2.45.